The Balaban J connectivity index is 2.04. The number of nitrogens with one attached hydrogen (secondary N) is 1. The maximum atomic E-state index is 11.2. The lowest BCUT2D eigenvalue weighted by Gasteiger charge is -2.25. The number of carbonyl (C=O) groups is 1. The second-order valence-electron chi connectivity index (χ2n) is 4.24. The molecule has 3 rings (SSSR count). The Bertz CT molecular complexity index is 577. The highest BCUT2D eigenvalue weighted by atomic mass is 16.1. The number of nitrogens with zero attached hydrogens (tertiary/aromatic N) is 3. The van der Waals surface area contributed by atoms with Gasteiger partial charge in [0.15, 0.2) is 5.69 Å². The van der Waals surface area contributed by atoms with E-state index in [4.69, 9.17) is 5.73 Å². The van der Waals surface area contributed by atoms with Gasteiger partial charge >= 0.3 is 0 Å². The van der Waals surface area contributed by atoms with Gasteiger partial charge in [-0.25, -0.2) is 4.68 Å². The molecule has 0 saturated heterocycles. The van der Waals surface area contributed by atoms with E-state index in [9.17, 15) is 4.79 Å². The van der Waals surface area contributed by atoms with Gasteiger partial charge in [-0.05, 0) is 18.1 Å². The van der Waals surface area contributed by atoms with Crippen molar-refractivity contribution < 1.29 is 4.79 Å². The predicted octanol–water partition coefficient (Wildman–Crippen LogP) is 0.782. The predicted molar refractivity (Wildman–Crippen MR) is 66.2 cm³/mol. The Morgan fingerprint density at radius 2 is 2.44 bits per heavy atom. The van der Waals surface area contributed by atoms with Crippen LogP contribution >= 0.6 is 0 Å². The molecule has 0 radical (unpaired) electrons. The summed E-state index contributed by atoms with van der Waals surface area (Å²) in [4.78, 5) is 15.3. The third kappa shape index (κ3) is 1.71. The molecule has 1 aliphatic rings. The summed E-state index contributed by atoms with van der Waals surface area (Å²) in [5.41, 5.74) is 6.62. The minimum atomic E-state index is -0.511. The zero-order valence-electron chi connectivity index (χ0n) is 9.71. The monoisotopic (exact) mass is 243 g/mol. The number of pyridine rings is 1. The highest BCUT2D eigenvalue weighted by molar-refractivity contribution is 5.91. The average molecular weight is 243 g/mol. The molecule has 1 amide bonds. The van der Waals surface area contributed by atoms with Gasteiger partial charge < -0.3 is 11.1 Å². The summed E-state index contributed by atoms with van der Waals surface area (Å²) in [7, 11) is 0. The van der Waals surface area contributed by atoms with E-state index < -0.39 is 5.91 Å². The Kier molecular flexibility index (Phi) is 2.47. The molecule has 2 aromatic rings. The zero-order chi connectivity index (χ0) is 12.5. The van der Waals surface area contributed by atoms with Gasteiger partial charge in [-0.3, -0.25) is 9.78 Å². The second-order valence-corrected chi connectivity index (χ2v) is 4.24. The second kappa shape index (κ2) is 4.14. The molecule has 0 aromatic carbocycles. The number of amides is 1. The first kappa shape index (κ1) is 10.8. The van der Waals surface area contributed by atoms with Gasteiger partial charge in [0, 0.05) is 25.0 Å². The van der Waals surface area contributed by atoms with Crippen LogP contribution in [0.2, 0.25) is 0 Å². The highest BCUT2D eigenvalue weighted by Crippen LogP contribution is 2.29. The third-order valence-electron chi connectivity index (χ3n) is 3.08. The van der Waals surface area contributed by atoms with Crippen LogP contribution in [0.3, 0.4) is 0 Å². The molecule has 92 valence electrons. The summed E-state index contributed by atoms with van der Waals surface area (Å²) < 4.78 is 1.81. The lowest BCUT2D eigenvalue weighted by molar-refractivity contribution is 0.0994. The zero-order valence-corrected chi connectivity index (χ0v) is 9.71. The van der Waals surface area contributed by atoms with Crippen LogP contribution in [0, 0.1) is 0 Å². The first-order valence-electron chi connectivity index (χ1n) is 5.79. The summed E-state index contributed by atoms with van der Waals surface area (Å²) in [6, 6.07) is 5.70. The van der Waals surface area contributed by atoms with Crippen LogP contribution in [0.25, 0.3) is 0 Å². The Labute approximate surface area is 104 Å². The van der Waals surface area contributed by atoms with Gasteiger partial charge in [0.05, 0.1) is 6.04 Å². The van der Waals surface area contributed by atoms with E-state index in [1.165, 1.54) is 0 Å². The van der Waals surface area contributed by atoms with Gasteiger partial charge in [-0.2, -0.15) is 5.10 Å². The quantitative estimate of drug-likeness (QED) is 0.816. The minimum absolute atomic E-state index is 0.100. The number of anilines is 1. The van der Waals surface area contributed by atoms with Gasteiger partial charge in [-0.15, -0.1) is 0 Å². The van der Waals surface area contributed by atoms with Gasteiger partial charge in [0.25, 0.3) is 5.91 Å². The molecule has 6 nitrogen and oxygen atoms in total. The molecule has 18 heavy (non-hydrogen) atoms. The minimum Gasteiger partial charge on any atom is -0.370 e. The lowest BCUT2D eigenvalue weighted by Crippen LogP contribution is -2.24. The molecule has 0 fully saturated rings. The third-order valence-corrected chi connectivity index (χ3v) is 3.08. The summed E-state index contributed by atoms with van der Waals surface area (Å²) in [5.74, 6) is 0.313. The van der Waals surface area contributed by atoms with Crippen LogP contribution < -0.4 is 11.1 Å². The van der Waals surface area contributed by atoms with Crippen molar-refractivity contribution in [2.24, 2.45) is 5.73 Å². The van der Waals surface area contributed by atoms with Crippen molar-refractivity contribution in [3.05, 3.63) is 41.9 Å². The van der Waals surface area contributed by atoms with Crippen molar-refractivity contribution in [2.75, 3.05) is 11.9 Å². The van der Waals surface area contributed by atoms with Crippen LogP contribution in [0.15, 0.2) is 30.6 Å². The molecular formula is C12H13N5O. The average Bonchev–Trinajstić information content (AvgIpc) is 2.83. The van der Waals surface area contributed by atoms with Crippen LogP contribution in [0.4, 0.5) is 5.82 Å². The fraction of sp³-hybridized carbons (Fsp3) is 0.250. The molecule has 0 spiro atoms. The number of carbonyl (C=O) groups excluding carboxylic acids is 1. The summed E-state index contributed by atoms with van der Waals surface area (Å²) in [6.45, 7) is 0.837. The molecule has 3 heterocycles. The molecule has 3 N–H and O–H groups in total. The standard InChI is InChI=1S/C12H13N5O/c13-12(18)9-6-11-15-5-3-10(17(11)16-9)8-2-1-4-14-7-8/h1-2,4,6-7,10,15H,3,5H2,(H2,13,18). The van der Waals surface area contributed by atoms with Crippen molar-refractivity contribution in [3.8, 4) is 0 Å². The molecule has 6 heteroatoms. The van der Waals surface area contributed by atoms with Crippen molar-refractivity contribution in [2.45, 2.75) is 12.5 Å². The Morgan fingerprint density at radius 3 is 3.17 bits per heavy atom. The van der Waals surface area contributed by atoms with Crippen LogP contribution in [0.1, 0.15) is 28.5 Å². The van der Waals surface area contributed by atoms with Gasteiger partial charge in [0.1, 0.15) is 5.82 Å². The number of nitrogens with two attached hydrogens (primary N) is 1. The number of hydrogen-bond acceptors (Lipinski definition) is 4. The maximum Gasteiger partial charge on any atom is 0.269 e. The lowest BCUT2D eigenvalue weighted by atomic mass is 10.0. The number of fused-ring (bicyclic) bond motifs is 1. The van der Waals surface area contributed by atoms with Crippen molar-refractivity contribution in [1.82, 2.24) is 14.8 Å². The fourth-order valence-electron chi connectivity index (χ4n) is 2.22. The van der Waals surface area contributed by atoms with Crippen molar-refractivity contribution in [3.63, 3.8) is 0 Å². The van der Waals surface area contributed by atoms with E-state index in [1.807, 2.05) is 18.3 Å². The van der Waals surface area contributed by atoms with Crippen molar-refractivity contribution in [1.29, 1.82) is 0 Å². The molecule has 1 atom stereocenters. The Morgan fingerprint density at radius 1 is 1.56 bits per heavy atom. The number of aromatic nitrogens is 3. The largest absolute Gasteiger partial charge is 0.370 e. The van der Waals surface area contributed by atoms with E-state index >= 15 is 0 Å². The Hall–Kier alpha value is -2.37. The number of hydrogen-bond donors (Lipinski definition) is 2. The van der Waals surface area contributed by atoms with E-state index in [0.29, 0.717) is 0 Å². The molecular weight excluding hydrogens is 230 g/mol. The van der Waals surface area contributed by atoms with Gasteiger partial charge in [0.2, 0.25) is 0 Å². The summed E-state index contributed by atoms with van der Waals surface area (Å²) in [5, 5.41) is 7.47. The number of primary amides is 1. The fourth-order valence-corrected chi connectivity index (χ4v) is 2.22. The van der Waals surface area contributed by atoms with E-state index in [0.717, 1.165) is 24.3 Å². The first-order valence-corrected chi connectivity index (χ1v) is 5.79. The number of rotatable bonds is 2. The van der Waals surface area contributed by atoms with Crippen LogP contribution in [0.5, 0.6) is 0 Å². The molecule has 0 saturated carbocycles. The first-order chi connectivity index (χ1) is 8.75. The topological polar surface area (TPSA) is 85.8 Å². The normalized spacial score (nSPS) is 17.9. The van der Waals surface area contributed by atoms with Crippen LogP contribution in [-0.2, 0) is 0 Å². The molecule has 0 aliphatic carbocycles. The van der Waals surface area contributed by atoms with E-state index in [-0.39, 0.29) is 11.7 Å². The van der Waals surface area contributed by atoms with Gasteiger partial charge in [-0.1, -0.05) is 6.07 Å². The molecule has 1 unspecified atom stereocenters. The SMILES string of the molecule is NC(=O)c1cc2n(n1)C(c1cccnc1)CCN2. The van der Waals surface area contributed by atoms with Crippen LogP contribution in [-0.4, -0.2) is 27.2 Å². The molecule has 0 bridgehead atoms. The van der Waals surface area contributed by atoms with Crippen molar-refractivity contribution >= 4 is 11.7 Å². The van der Waals surface area contributed by atoms with E-state index in [2.05, 4.69) is 15.4 Å². The summed E-state index contributed by atoms with van der Waals surface area (Å²) in [6.07, 6.45) is 4.47. The smallest absolute Gasteiger partial charge is 0.269 e. The maximum absolute atomic E-state index is 11.2. The molecule has 1 aliphatic heterocycles. The highest BCUT2D eigenvalue weighted by Gasteiger charge is 2.24. The van der Waals surface area contributed by atoms with E-state index in [1.54, 1.807) is 16.9 Å². The summed E-state index contributed by atoms with van der Waals surface area (Å²) >= 11 is 0. The molecule has 2 aromatic heterocycles.